The van der Waals surface area contributed by atoms with Gasteiger partial charge >= 0.3 is 0 Å². The molecule has 27 heavy (non-hydrogen) atoms. The lowest BCUT2D eigenvalue weighted by Gasteiger charge is -2.40. The average Bonchev–Trinajstić information content (AvgIpc) is 2.67. The SMILES string of the molecule is [2H]C(CCCCCCCCCCC)CC(=O)NC1O[C@H](CO)[C@@H](O)[C@H](O)[C@H]1O. The molecule has 160 valence electrons. The Morgan fingerprint density at radius 3 is 2.04 bits per heavy atom. The summed E-state index contributed by atoms with van der Waals surface area (Å²) >= 11 is 0. The average molecular weight is 391 g/mol. The van der Waals surface area contributed by atoms with Gasteiger partial charge in [0.05, 0.1) is 6.61 Å². The molecule has 0 spiro atoms. The Kier molecular flexibility index (Phi) is 11.9. The molecule has 1 amide bonds. The van der Waals surface area contributed by atoms with Crippen molar-refractivity contribution in [2.24, 2.45) is 0 Å². The first-order valence-electron chi connectivity index (χ1n) is 11.0. The van der Waals surface area contributed by atoms with E-state index in [0.29, 0.717) is 6.42 Å². The highest BCUT2D eigenvalue weighted by Gasteiger charge is 2.43. The maximum absolute atomic E-state index is 12.1. The molecular formula is C20H39NO6. The maximum Gasteiger partial charge on any atom is 0.222 e. The number of ether oxygens (including phenoxy) is 1. The largest absolute Gasteiger partial charge is 0.394 e. The summed E-state index contributed by atoms with van der Waals surface area (Å²) in [5, 5.41) is 41.0. The number of carbonyl (C=O) groups excluding carboxylic acids is 1. The van der Waals surface area contributed by atoms with Crippen LogP contribution in [0.2, 0.25) is 0 Å². The first-order chi connectivity index (χ1) is 13.4. The summed E-state index contributed by atoms with van der Waals surface area (Å²) < 4.78 is 13.3. The quantitative estimate of drug-likeness (QED) is 0.288. The third-order valence-corrected chi connectivity index (χ3v) is 5.04. The minimum atomic E-state index is -1.52. The molecule has 7 nitrogen and oxygen atoms in total. The minimum Gasteiger partial charge on any atom is -0.394 e. The molecule has 1 aliphatic heterocycles. The number of hydrogen-bond donors (Lipinski definition) is 5. The minimum absolute atomic E-state index is 0.0218. The van der Waals surface area contributed by atoms with Gasteiger partial charge in [-0.15, -0.1) is 0 Å². The maximum atomic E-state index is 12.1. The van der Waals surface area contributed by atoms with E-state index in [4.69, 9.17) is 11.2 Å². The van der Waals surface area contributed by atoms with Crippen LogP contribution < -0.4 is 5.32 Å². The standard InChI is InChI=1S/C20H39NO6/c1-2-3-4-5-6-7-8-9-10-11-12-13-16(23)21-20-19(26)18(25)17(24)15(14-22)27-20/h15,17-20,22,24-26H,2-14H2,1H3,(H,21,23)/t15-,17-,18+,19-,20?/m1/s1/i12D/t12?,15-,17-,18+,19-,20?. The van der Waals surface area contributed by atoms with Crippen molar-refractivity contribution in [1.82, 2.24) is 5.32 Å². The number of hydrogen-bond acceptors (Lipinski definition) is 6. The number of aliphatic hydroxyl groups is 4. The molecule has 0 bridgehead atoms. The van der Waals surface area contributed by atoms with Gasteiger partial charge in [0.25, 0.3) is 0 Å². The van der Waals surface area contributed by atoms with Crippen molar-refractivity contribution in [2.45, 2.75) is 115 Å². The fourth-order valence-corrected chi connectivity index (χ4v) is 3.27. The van der Waals surface area contributed by atoms with Gasteiger partial charge in [-0.25, -0.2) is 0 Å². The molecule has 1 aliphatic rings. The predicted octanol–water partition coefficient (Wildman–Crippen LogP) is 1.60. The molecule has 0 aromatic rings. The van der Waals surface area contributed by atoms with Crippen LogP contribution in [0.4, 0.5) is 0 Å². The molecular weight excluding hydrogens is 350 g/mol. The molecule has 1 saturated heterocycles. The third-order valence-electron chi connectivity index (χ3n) is 5.04. The van der Waals surface area contributed by atoms with Crippen molar-refractivity contribution in [3.8, 4) is 0 Å². The van der Waals surface area contributed by atoms with Crippen molar-refractivity contribution < 1.29 is 31.3 Å². The second-order valence-electron chi connectivity index (χ2n) is 7.43. The zero-order chi connectivity index (χ0) is 20.9. The van der Waals surface area contributed by atoms with Gasteiger partial charge in [0.2, 0.25) is 5.91 Å². The predicted molar refractivity (Wildman–Crippen MR) is 103 cm³/mol. The Morgan fingerprint density at radius 2 is 1.48 bits per heavy atom. The van der Waals surface area contributed by atoms with E-state index in [0.717, 1.165) is 19.3 Å². The van der Waals surface area contributed by atoms with Gasteiger partial charge in [-0.1, -0.05) is 71.1 Å². The van der Waals surface area contributed by atoms with Crippen molar-refractivity contribution in [1.29, 1.82) is 0 Å². The molecule has 0 saturated carbocycles. The molecule has 0 aromatic heterocycles. The number of rotatable bonds is 14. The summed E-state index contributed by atoms with van der Waals surface area (Å²) in [5.74, 6) is -0.458. The second kappa shape index (κ2) is 14.3. The lowest BCUT2D eigenvalue weighted by atomic mass is 9.98. The Labute approximate surface area is 164 Å². The molecule has 1 fully saturated rings. The number of carbonyl (C=O) groups is 1. The van der Waals surface area contributed by atoms with Gasteiger partial charge in [-0.2, -0.15) is 0 Å². The van der Waals surface area contributed by atoms with E-state index in [2.05, 4.69) is 12.2 Å². The molecule has 1 heterocycles. The van der Waals surface area contributed by atoms with Gasteiger partial charge in [-0.05, 0) is 6.40 Å². The first kappa shape index (κ1) is 22.6. The highest BCUT2D eigenvalue weighted by Crippen LogP contribution is 2.20. The summed E-state index contributed by atoms with van der Waals surface area (Å²) in [7, 11) is 0. The Hall–Kier alpha value is -0.730. The van der Waals surface area contributed by atoms with Crippen LogP contribution in [0.3, 0.4) is 0 Å². The van der Waals surface area contributed by atoms with Crippen molar-refractivity contribution in [3.05, 3.63) is 0 Å². The highest BCUT2D eigenvalue weighted by molar-refractivity contribution is 5.76. The van der Waals surface area contributed by atoms with E-state index in [-0.39, 0.29) is 6.42 Å². The Morgan fingerprint density at radius 1 is 0.926 bits per heavy atom. The van der Waals surface area contributed by atoms with Crippen LogP contribution in [-0.4, -0.2) is 63.6 Å². The lowest BCUT2D eigenvalue weighted by molar-refractivity contribution is -0.236. The summed E-state index contributed by atoms with van der Waals surface area (Å²) in [6.45, 7) is 1.67. The van der Waals surface area contributed by atoms with Gasteiger partial charge in [-0.3, -0.25) is 4.79 Å². The summed E-state index contributed by atoms with van der Waals surface area (Å²) in [6, 6.07) is 0. The van der Waals surface area contributed by atoms with Crippen molar-refractivity contribution in [3.63, 3.8) is 0 Å². The number of aliphatic hydroxyl groups excluding tert-OH is 4. The number of unbranched alkanes of at least 4 members (excludes halogenated alkanes) is 8. The van der Waals surface area contributed by atoms with E-state index < -0.39 is 49.6 Å². The summed E-state index contributed by atoms with van der Waals surface area (Å²) in [5.41, 5.74) is 0. The molecule has 6 atom stereocenters. The summed E-state index contributed by atoms with van der Waals surface area (Å²) in [4.78, 5) is 12.1. The lowest BCUT2D eigenvalue weighted by Crippen LogP contribution is -2.63. The van der Waals surface area contributed by atoms with Crippen LogP contribution in [-0.2, 0) is 9.53 Å². The summed E-state index contributed by atoms with van der Waals surface area (Å²) in [6.07, 6.45) is 4.15. The van der Waals surface area contributed by atoms with E-state index in [9.17, 15) is 20.1 Å². The third kappa shape index (κ3) is 9.34. The van der Waals surface area contributed by atoms with Crippen molar-refractivity contribution in [2.75, 3.05) is 6.61 Å². The van der Waals surface area contributed by atoms with E-state index in [1.165, 1.54) is 38.5 Å². The fourth-order valence-electron chi connectivity index (χ4n) is 3.27. The van der Waals surface area contributed by atoms with E-state index in [1.807, 2.05) is 0 Å². The monoisotopic (exact) mass is 390 g/mol. The normalized spacial score (nSPS) is 30.0. The number of nitrogens with one attached hydrogen (secondary N) is 1. The van der Waals surface area contributed by atoms with Gasteiger partial charge < -0.3 is 30.5 Å². The molecule has 0 aromatic carbocycles. The Balaban J connectivity index is 2.17. The first-order valence-corrected chi connectivity index (χ1v) is 10.4. The van der Waals surface area contributed by atoms with Crippen molar-refractivity contribution >= 4 is 5.91 Å². The van der Waals surface area contributed by atoms with Gasteiger partial charge in [0.1, 0.15) is 24.4 Å². The van der Waals surface area contributed by atoms with Gasteiger partial charge in [0.15, 0.2) is 6.23 Å². The zero-order valence-corrected chi connectivity index (χ0v) is 16.6. The highest BCUT2D eigenvalue weighted by atomic mass is 16.6. The molecule has 0 radical (unpaired) electrons. The molecule has 0 aliphatic carbocycles. The van der Waals surface area contributed by atoms with Crippen LogP contribution in [0.1, 0.15) is 85.3 Å². The molecule has 7 heteroatoms. The van der Waals surface area contributed by atoms with Crippen LogP contribution in [0.15, 0.2) is 0 Å². The number of amides is 1. The smallest absolute Gasteiger partial charge is 0.222 e. The molecule has 2 unspecified atom stereocenters. The van der Waals surface area contributed by atoms with Gasteiger partial charge in [0, 0.05) is 7.79 Å². The molecule has 5 N–H and O–H groups in total. The van der Waals surface area contributed by atoms with E-state index >= 15 is 0 Å². The Bertz CT molecular complexity index is 426. The van der Waals surface area contributed by atoms with Crippen LogP contribution in [0.5, 0.6) is 0 Å². The van der Waals surface area contributed by atoms with E-state index in [1.54, 1.807) is 0 Å². The topological polar surface area (TPSA) is 119 Å². The van der Waals surface area contributed by atoms with Crippen LogP contribution in [0.25, 0.3) is 0 Å². The molecule has 1 rings (SSSR count). The second-order valence-corrected chi connectivity index (χ2v) is 7.43. The fraction of sp³-hybridized carbons (Fsp3) is 0.950. The zero-order valence-electron chi connectivity index (χ0n) is 17.6. The van der Waals surface area contributed by atoms with Crippen LogP contribution >= 0.6 is 0 Å². The van der Waals surface area contributed by atoms with Crippen LogP contribution in [0, 0.1) is 0 Å².